The van der Waals surface area contributed by atoms with E-state index in [2.05, 4.69) is 21.7 Å². The van der Waals surface area contributed by atoms with Crippen molar-refractivity contribution in [3.8, 4) is 5.75 Å². The maximum atomic E-state index is 12.4. The molecule has 2 aromatic rings. The molecule has 27 heavy (non-hydrogen) atoms. The zero-order valence-electron chi connectivity index (χ0n) is 15.8. The third kappa shape index (κ3) is 5.58. The summed E-state index contributed by atoms with van der Waals surface area (Å²) >= 11 is 0. The number of pyridine rings is 1. The molecule has 0 radical (unpaired) electrons. The van der Waals surface area contributed by atoms with E-state index >= 15 is 0 Å². The van der Waals surface area contributed by atoms with Gasteiger partial charge in [-0.25, -0.2) is 4.98 Å². The molecular formula is C22H27N3O2. The van der Waals surface area contributed by atoms with Gasteiger partial charge in [-0.2, -0.15) is 0 Å². The number of rotatable bonds is 8. The monoisotopic (exact) mass is 365 g/mol. The molecule has 142 valence electrons. The number of nitrogens with one attached hydrogen (secondary N) is 2. The number of allylic oxidation sites excluding steroid dienone is 1. The number of hydrogen-bond donors (Lipinski definition) is 2. The van der Waals surface area contributed by atoms with E-state index in [1.165, 1.54) is 31.3 Å². The van der Waals surface area contributed by atoms with E-state index in [0.29, 0.717) is 24.5 Å². The zero-order valence-corrected chi connectivity index (χ0v) is 15.8. The van der Waals surface area contributed by atoms with Gasteiger partial charge in [-0.15, -0.1) is 0 Å². The first kappa shape index (κ1) is 19.0. The van der Waals surface area contributed by atoms with Crippen LogP contribution < -0.4 is 15.4 Å². The predicted octanol–water partition coefficient (Wildman–Crippen LogP) is 4.32. The van der Waals surface area contributed by atoms with Gasteiger partial charge in [0, 0.05) is 30.4 Å². The fraction of sp³-hybridized carbons (Fsp3) is 0.364. The lowest BCUT2D eigenvalue weighted by Crippen LogP contribution is -2.25. The van der Waals surface area contributed by atoms with Crippen molar-refractivity contribution < 1.29 is 9.53 Å². The van der Waals surface area contributed by atoms with Gasteiger partial charge >= 0.3 is 0 Å². The quantitative estimate of drug-likeness (QED) is 0.684. The Morgan fingerprint density at radius 2 is 2.11 bits per heavy atom. The smallest absolute Gasteiger partial charge is 0.251 e. The zero-order chi connectivity index (χ0) is 18.9. The van der Waals surface area contributed by atoms with Crippen molar-refractivity contribution in [3.63, 3.8) is 0 Å². The van der Waals surface area contributed by atoms with E-state index in [9.17, 15) is 4.79 Å². The number of anilines is 1. The molecule has 0 atom stereocenters. The Bertz CT molecular complexity index is 802. The number of benzene rings is 1. The molecule has 5 heteroatoms. The first-order valence-electron chi connectivity index (χ1n) is 9.54. The minimum Gasteiger partial charge on any atom is -0.496 e. The van der Waals surface area contributed by atoms with E-state index in [1.54, 1.807) is 25.4 Å². The van der Waals surface area contributed by atoms with Gasteiger partial charge in [-0.05, 0) is 50.3 Å². The Morgan fingerprint density at radius 3 is 2.93 bits per heavy atom. The van der Waals surface area contributed by atoms with E-state index < -0.39 is 0 Å². The lowest BCUT2D eigenvalue weighted by Gasteiger charge is -2.13. The summed E-state index contributed by atoms with van der Waals surface area (Å²) in [5, 5.41) is 6.27. The highest BCUT2D eigenvalue weighted by molar-refractivity contribution is 5.94. The summed E-state index contributed by atoms with van der Waals surface area (Å²) < 4.78 is 5.36. The maximum Gasteiger partial charge on any atom is 0.251 e. The van der Waals surface area contributed by atoms with Gasteiger partial charge in [0.15, 0.2) is 0 Å². The van der Waals surface area contributed by atoms with Gasteiger partial charge in [-0.3, -0.25) is 4.79 Å². The number of ether oxygens (including phenoxy) is 1. The van der Waals surface area contributed by atoms with Crippen LogP contribution in [0.5, 0.6) is 5.75 Å². The number of amides is 1. The Morgan fingerprint density at radius 1 is 1.22 bits per heavy atom. The largest absolute Gasteiger partial charge is 0.496 e. The third-order valence-electron chi connectivity index (χ3n) is 4.79. The van der Waals surface area contributed by atoms with Crippen molar-refractivity contribution in [3.05, 3.63) is 65.4 Å². The third-order valence-corrected chi connectivity index (χ3v) is 4.79. The van der Waals surface area contributed by atoms with Crippen LogP contribution in [0.1, 0.15) is 48.0 Å². The molecule has 2 N–H and O–H groups in total. The number of aromatic nitrogens is 1. The van der Waals surface area contributed by atoms with Crippen LogP contribution in [0.4, 0.5) is 5.82 Å². The predicted molar refractivity (Wildman–Crippen MR) is 108 cm³/mol. The average Bonchev–Trinajstić information content (AvgIpc) is 2.73. The van der Waals surface area contributed by atoms with Gasteiger partial charge in [0.1, 0.15) is 11.6 Å². The Kier molecular flexibility index (Phi) is 6.85. The highest BCUT2D eigenvalue weighted by Gasteiger charge is 2.09. The molecule has 0 saturated heterocycles. The SMILES string of the molecule is COc1ccccc1CNc1cc(C(=O)NCCC2=CCCCC2)ccn1. The number of carbonyl (C=O) groups excluding carboxylic acids is 1. The molecule has 1 aromatic carbocycles. The number of carbonyl (C=O) groups is 1. The molecule has 1 amide bonds. The van der Waals surface area contributed by atoms with Crippen molar-refractivity contribution >= 4 is 11.7 Å². The van der Waals surface area contributed by atoms with Gasteiger partial charge in [0.2, 0.25) is 0 Å². The summed E-state index contributed by atoms with van der Waals surface area (Å²) in [6, 6.07) is 11.4. The summed E-state index contributed by atoms with van der Waals surface area (Å²) in [5.74, 6) is 1.44. The first-order valence-corrected chi connectivity index (χ1v) is 9.54. The highest BCUT2D eigenvalue weighted by atomic mass is 16.5. The second-order valence-corrected chi connectivity index (χ2v) is 6.71. The molecule has 0 aliphatic heterocycles. The van der Waals surface area contributed by atoms with Crippen LogP contribution >= 0.6 is 0 Å². The Labute approximate surface area is 160 Å². The van der Waals surface area contributed by atoms with Crippen LogP contribution in [-0.4, -0.2) is 24.5 Å². The molecule has 3 rings (SSSR count). The molecule has 1 aliphatic rings. The molecule has 1 heterocycles. The van der Waals surface area contributed by atoms with Crippen LogP contribution in [0, 0.1) is 0 Å². The fourth-order valence-electron chi connectivity index (χ4n) is 3.27. The van der Waals surface area contributed by atoms with Crippen molar-refractivity contribution in [1.82, 2.24) is 10.3 Å². The Balaban J connectivity index is 1.53. The van der Waals surface area contributed by atoms with Crippen molar-refractivity contribution in [2.24, 2.45) is 0 Å². The molecule has 0 unspecified atom stereocenters. The summed E-state index contributed by atoms with van der Waals surface area (Å²) in [5.41, 5.74) is 3.12. The summed E-state index contributed by atoms with van der Waals surface area (Å²) in [7, 11) is 1.66. The molecular weight excluding hydrogens is 338 g/mol. The van der Waals surface area contributed by atoms with Crippen molar-refractivity contribution in [1.29, 1.82) is 0 Å². The molecule has 0 fully saturated rings. The van der Waals surface area contributed by atoms with Gasteiger partial charge in [0.25, 0.3) is 5.91 Å². The fourth-order valence-corrected chi connectivity index (χ4v) is 3.27. The van der Waals surface area contributed by atoms with Gasteiger partial charge in [-0.1, -0.05) is 29.8 Å². The number of para-hydroxylation sites is 1. The molecule has 1 aliphatic carbocycles. The van der Waals surface area contributed by atoms with E-state index in [0.717, 1.165) is 17.7 Å². The molecule has 0 saturated carbocycles. The number of hydrogen-bond acceptors (Lipinski definition) is 4. The van der Waals surface area contributed by atoms with E-state index in [1.807, 2.05) is 24.3 Å². The number of methoxy groups -OCH3 is 1. The highest BCUT2D eigenvalue weighted by Crippen LogP contribution is 2.20. The number of nitrogens with zero attached hydrogens (tertiary/aromatic N) is 1. The summed E-state index contributed by atoms with van der Waals surface area (Å²) in [6.07, 6.45) is 9.82. The van der Waals surface area contributed by atoms with Crippen LogP contribution in [-0.2, 0) is 6.54 Å². The normalized spacial score (nSPS) is 13.6. The topological polar surface area (TPSA) is 63.2 Å². The molecule has 0 bridgehead atoms. The second-order valence-electron chi connectivity index (χ2n) is 6.71. The van der Waals surface area contributed by atoms with Crippen LogP contribution in [0.2, 0.25) is 0 Å². The summed E-state index contributed by atoms with van der Waals surface area (Å²) in [6.45, 7) is 1.26. The van der Waals surface area contributed by atoms with Gasteiger partial charge in [0.05, 0.1) is 7.11 Å². The molecule has 0 spiro atoms. The minimum absolute atomic E-state index is 0.0610. The molecule has 5 nitrogen and oxygen atoms in total. The second kappa shape index (κ2) is 9.76. The standard InChI is InChI=1S/C22H27N3O2/c1-27-20-10-6-5-9-19(20)16-25-21-15-18(12-14-23-21)22(26)24-13-11-17-7-3-2-4-8-17/h5-7,9-10,12,14-15H,2-4,8,11,13,16H2,1H3,(H,23,25)(H,24,26). The van der Waals surface area contributed by atoms with Crippen molar-refractivity contribution in [2.45, 2.75) is 38.6 Å². The average molecular weight is 365 g/mol. The minimum atomic E-state index is -0.0610. The van der Waals surface area contributed by atoms with E-state index in [4.69, 9.17) is 4.74 Å². The van der Waals surface area contributed by atoms with Crippen molar-refractivity contribution in [2.75, 3.05) is 19.0 Å². The van der Waals surface area contributed by atoms with Gasteiger partial charge < -0.3 is 15.4 Å². The Hall–Kier alpha value is -2.82. The lowest BCUT2D eigenvalue weighted by molar-refractivity contribution is 0.0954. The lowest BCUT2D eigenvalue weighted by atomic mass is 9.97. The first-order chi connectivity index (χ1) is 13.3. The molecule has 1 aromatic heterocycles. The maximum absolute atomic E-state index is 12.4. The van der Waals surface area contributed by atoms with Crippen LogP contribution in [0.15, 0.2) is 54.2 Å². The van der Waals surface area contributed by atoms with E-state index in [-0.39, 0.29) is 5.91 Å². The summed E-state index contributed by atoms with van der Waals surface area (Å²) in [4.78, 5) is 16.7. The van der Waals surface area contributed by atoms with Crippen LogP contribution in [0.3, 0.4) is 0 Å². The van der Waals surface area contributed by atoms with Crippen LogP contribution in [0.25, 0.3) is 0 Å².